The van der Waals surface area contributed by atoms with Crippen molar-refractivity contribution < 1.29 is 19.4 Å². The highest BCUT2D eigenvalue weighted by Crippen LogP contribution is 2.28. The average molecular weight is 267 g/mol. The first kappa shape index (κ1) is 15.3. The Bertz CT molecular complexity index is 416. The fraction of sp³-hybridized carbons (Fsp3) is 0.500. The van der Waals surface area contributed by atoms with Crippen molar-refractivity contribution in [2.75, 3.05) is 20.3 Å². The van der Waals surface area contributed by atoms with Gasteiger partial charge in [-0.25, -0.2) is 0 Å². The van der Waals surface area contributed by atoms with Crippen molar-refractivity contribution in [3.63, 3.8) is 0 Å². The summed E-state index contributed by atoms with van der Waals surface area (Å²) in [6.07, 6.45) is 0.677. The van der Waals surface area contributed by atoms with Crippen LogP contribution in [0.4, 0.5) is 0 Å². The number of nitrogens with one attached hydrogen (secondary N) is 1. The number of amides is 1. The fourth-order valence-electron chi connectivity index (χ4n) is 1.63. The van der Waals surface area contributed by atoms with E-state index in [-0.39, 0.29) is 18.6 Å². The van der Waals surface area contributed by atoms with Crippen LogP contribution in [0, 0.1) is 0 Å². The number of carbonyl (C=O) groups is 1. The third-order valence-corrected chi connectivity index (χ3v) is 2.77. The van der Waals surface area contributed by atoms with Gasteiger partial charge in [0.25, 0.3) is 5.91 Å². The van der Waals surface area contributed by atoms with E-state index in [9.17, 15) is 4.79 Å². The molecular weight excluding hydrogens is 246 g/mol. The molecule has 19 heavy (non-hydrogen) atoms. The van der Waals surface area contributed by atoms with Gasteiger partial charge >= 0.3 is 0 Å². The lowest BCUT2D eigenvalue weighted by Crippen LogP contribution is -2.36. The smallest absolute Gasteiger partial charge is 0.251 e. The van der Waals surface area contributed by atoms with Gasteiger partial charge in [0.05, 0.1) is 26.4 Å². The highest BCUT2D eigenvalue weighted by atomic mass is 16.5. The maximum Gasteiger partial charge on any atom is 0.251 e. The van der Waals surface area contributed by atoms with E-state index in [1.54, 1.807) is 25.3 Å². The molecule has 0 saturated heterocycles. The summed E-state index contributed by atoms with van der Waals surface area (Å²) < 4.78 is 10.6. The molecule has 0 saturated carbocycles. The third-order valence-electron chi connectivity index (χ3n) is 2.77. The van der Waals surface area contributed by atoms with E-state index in [2.05, 4.69) is 5.32 Å². The summed E-state index contributed by atoms with van der Waals surface area (Å²) in [6, 6.07) is 4.77. The van der Waals surface area contributed by atoms with Crippen LogP contribution in [0.15, 0.2) is 18.2 Å². The Hall–Kier alpha value is -1.75. The molecule has 0 aliphatic carbocycles. The van der Waals surface area contributed by atoms with Crippen molar-refractivity contribution in [1.29, 1.82) is 0 Å². The quantitative estimate of drug-likeness (QED) is 0.787. The first-order valence-electron chi connectivity index (χ1n) is 6.38. The number of ether oxygens (including phenoxy) is 2. The number of benzene rings is 1. The minimum atomic E-state index is -0.232. The molecule has 0 bridgehead atoms. The van der Waals surface area contributed by atoms with Crippen LogP contribution in [0.25, 0.3) is 0 Å². The Balaban J connectivity index is 2.88. The van der Waals surface area contributed by atoms with Crippen molar-refractivity contribution in [3.05, 3.63) is 23.8 Å². The van der Waals surface area contributed by atoms with Crippen molar-refractivity contribution >= 4 is 5.91 Å². The first-order chi connectivity index (χ1) is 9.15. The molecule has 0 aliphatic rings. The van der Waals surface area contributed by atoms with Crippen molar-refractivity contribution in [3.8, 4) is 11.5 Å². The summed E-state index contributed by atoms with van der Waals surface area (Å²) in [7, 11) is 1.55. The molecular formula is C14H21NO4. The van der Waals surface area contributed by atoms with Crippen LogP contribution < -0.4 is 14.8 Å². The number of carbonyl (C=O) groups excluding carboxylic acids is 1. The average Bonchev–Trinajstić information content (AvgIpc) is 2.44. The van der Waals surface area contributed by atoms with E-state index >= 15 is 0 Å². The Morgan fingerprint density at radius 3 is 2.63 bits per heavy atom. The lowest BCUT2D eigenvalue weighted by Gasteiger charge is -2.15. The molecule has 1 atom stereocenters. The molecule has 1 aromatic carbocycles. The number of hydrogen-bond donors (Lipinski definition) is 2. The molecule has 0 unspecified atom stereocenters. The zero-order chi connectivity index (χ0) is 14.3. The second-order valence-electron chi connectivity index (χ2n) is 4.06. The topological polar surface area (TPSA) is 67.8 Å². The van der Waals surface area contributed by atoms with Crippen LogP contribution in [-0.4, -0.2) is 37.4 Å². The Morgan fingerprint density at radius 2 is 2.11 bits per heavy atom. The molecule has 0 radical (unpaired) electrons. The van der Waals surface area contributed by atoms with Gasteiger partial charge in [-0.3, -0.25) is 4.79 Å². The predicted octanol–water partition coefficient (Wildman–Crippen LogP) is 1.59. The SMILES string of the molecule is CCOc1cc(C(=O)N[C@@H](CC)CO)ccc1OC. The maximum atomic E-state index is 12.0. The summed E-state index contributed by atoms with van der Waals surface area (Å²) in [6.45, 7) is 4.19. The zero-order valence-corrected chi connectivity index (χ0v) is 11.6. The van der Waals surface area contributed by atoms with E-state index < -0.39 is 0 Å². The lowest BCUT2D eigenvalue weighted by molar-refractivity contribution is 0.0914. The number of aliphatic hydroxyl groups is 1. The second-order valence-corrected chi connectivity index (χ2v) is 4.06. The van der Waals surface area contributed by atoms with Gasteiger partial charge in [0.1, 0.15) is 0 Å². The molecule has 1 aromatic rings. The minimum Gasteiger partial charge on any atom is -0.493 e. The van der Waals surface area contributed by atoms with E-state index in [1.165, 1.54) is 0 Å². The van der Waals surface area contributed by atoms with Crippen molar-refractivity contribution in [2.24, 2.45) is 0 Å². The van der Waals surface area contributed by atoms with Gasteiger partial charge in [-0.2, -0.15) is 0 Å². The van der Waals surface area contributed by atoms with Gasteiger partial charge in [0, 0.05) is 5.56 Å². The van der Waals surface area contributed by atoms with E-state index in [0.717, 1.165) is 0 Å². The van der Waals surface area contributed by atoms with Crippen molar-refractivity contribution in [2.45, 2.75) is 26.3 Å². The fourth-order valence-corrected chi connectivity index (χ4v) is 1.63. The largest absolute Gasteiger partial charge is 0.493 e. The molecule has 5 heteroatoms. The molecule has 5 nitrogen and oxygen atoms in total. The second kappa shape index (κ2) is 7.63. The van der Waals surface area contributed by atoms with Crippen LogP contribution in [0.1, 0.15) is 30.6 Å². The Labute approximate surface area is 113 Å². The molecule has 0 spiro atoms. The summed E-state index contributed by atoms with van der Waals surface area (Å²) in [4.78, 5) is 12.0. The maximum absolute atomic E-state index is 12.0. The van der Waals surface area contributed by atoms with Crippen molar-refractivity contribution in [1.82, 2.24) is 5.32 Å². The Morgan fingerprint density at radius 1 is 1.37 bits per heavy atom. The van der Waals surface area contributed by atoms with Gasteiger partial charge in [0.15, 0.2) is 11.5 Å². The van der Waals surface area contributed by atoms with Crippen LogP contribution in [-0.2, 0) is 0 Å². The summed E-state index contributed by atoms with van der Waals surface area (Å²) >= 11 is 0. The molecule has 2 N–H and O–H groups in total. The molecule has 1 amide bonds. The summed E-state index contributed by atoms with van der Waals surface area (Å²) in [5.74, 6) is 0.895. The molecule has 0 fully saturated rings. The van der Waals surface area contributed by atoms with E-state index in [4.69, 9.17) is 14.6 Å². The highest BCUT2D eigenvalue weighted by Gasteiger charge is 2.14. The molecule has 1 rings (SSSR count). The minimum absolute atomic E-state index is 0.0727. The lowest BCUT2D eigenvalue weighted by atomic mass is 10.1. The predicted molar refractivity (Wildman–Crippen MR) is 72.8 cm³/mol. The number of hydrogen-bond acceptors (Lipinski definition) is 4. The standard InChI is InChI=1S/C14H21NO4/c1-4-11(9-16)15-14(17)10-6-7-12(18-3)13(8-10)19-5-2/h6-8,11,16H,4-5,9H2,1-3H3,(H,15,17)/t11-/m0/s1. The highest BCUT2D eigenvalue weighted by molar-refractivity contribution is 5.95. The number of methoxy groups -OCH3 is 1. The van der Waals surface area contributed by atoms with Gasteiger partial charge in [-0.1, -0.05) is 6.92 Å². The zero-order valence-electron chi connectivity index (χ0n) is 11.6. The molecule has 0 heterocycles. The number of aliphatic hydroxyl groups excluding tert-OH is 1. The third kappa shape index (κ3) is 4.13. The Kier molecular flexibility index (Phi) is 6.15. The normalized spacial score (nSPS) is 11.8. The monoisotopic (exact) mass is 267 g/mol. The number of rotatable bonds is 7. The van der Waals surface area contributed by atoms with Crippen LogP contribution >= 0.6 is 0 Å². The van der Waals surface area contributed by atoms with E-state index in [0.29, 0.717) is 30.1 Å². The van der Waals surface area contributed by atoms with Gasteiger partial charge in [-0.15, -0.1) is 0 Å². The molecule has 0 aromatic heterocycles. The summed E-state index contributed by atoms with van der Waals surface area (Å²) in [5.41, 5.74) is 0.483. The van der Waals surface area contributed by atoms with E-state index in [1.807, 2.05) is 13.8 Å². The first-order valence-corrected chi connectivity index (χ1v) is 6.38. The molecule has 0 aliphatic heterocycles. The molecule has 106 valence electrons. The van der Waals surface area contributed by atoms with Gasteiger partial charge in [-0.05, 0) is 31.5 Å². The van der Waals surface area contributed by atoms with Crippen LogP contribution in [0.3, 0.4) is 0 Å². The van der Waals surface area contributed by atoms with Crippen LogP contribution in [0.5, 0.6) is 11.5 Å². The summed E-state index contributed by atoms with van der Waals surface area (Å²) in [5, 5.41) is 11.8. The van der Waals surface area contributed by atoms with Gasteiger partial charge in [0.2, 0.25) is 0 Å². The van der Waals surface area contributed by atoms with Gasteiger partial charge < -0.3 is 19.9 Å². The van der Waals surface area contributed by atoms with Crippen LogP contribution in [0.2, 0.25) is 0 Å².